The summed E-state index contributed by atoms with van der Waals surface area (Å²) >= 11 is 0. The zero-order chi connectivity index (χ0) is 23.2. The van der Waals surface area contributed by atoms with Gasteiger partial charge in [0.25, 0.3) is 0 Å². The van der Waals surface area contributed by atoms with Crippen molar-refractivity contribution in [1.82, 2.24) is 5.32 Å². The number of hydrogen-bond acceptors (Lipinski definition) is 4. The summed E-state index contributed by atoms with van der Waals surface area (Å²) in [5.41, 5.74) is 1.26. The Morgan fingerprint density at radius 3 is 2.45 bits per heavy atom. The first kappa shape index (κ1) is 22.6. The van der Waals surface area contributed by atoms with E-state index in [2.05, 4.69) is 5.32 Å². The number of ether oxygens (including phenoxy) is 3. The van der Waals surface area contributed by atoms with Crippen LogP contribution in [0.25, 0.3) is 0 Å². The number of benzene rings is 3. The Morgan fingerprint density at radius 1 is 1.00 bits per heavy atom. The van der Waals surface area contributed by atoms with E-state index >= 15 is 0 Å². The Labute approximate surface area is 193 Å². The second kappa shape index (κ2) is 10.4. The van der Waals surface area contributed by atoms with E-state index in [4.69, 9.17) is 14.2 Å². The molecule has 1 unspecified atom stereocenters. The smallest absolute Gasteiger partial charge is 0.217 e. The fourth-order valence-electron chi connectivity index (χ4n) is 3.43. The molecule has 1 atom stereocenters. The molecule has 1 aliphatic carbocycles. The molecule has 172 valence electrons. The van der Waals surface area contributed by atoms with E-state index in [1.807, 2.05) is 48.5 Å². The normalized spacial score (nSPS) is 13.8. The van der Waals surface area contributed by atoms with Gasteiger partial charge in [-0.05, 0) is 61.6 Å². The molecular formula is C27H28FNO4. The van der Waals surface area contributed by atoms with E-state index < -0.39 is 11.9 Å². The molecule has 4 rings (SSSR count). The third kappa shape index (κ3) is 6.48. The first-order valence-electron chi connectivity index (χ1n) is 11.2. The number of carbonyl (C=O) groups excluding carboxylic acids is 1. The average molecular weight is 450 g/mol. The van der Waals surface area contributed by atoms with Crippen LogP contribution in [0, 0.1) is 11.7 Å². The number of amides is 1. The van der Waals surface area contributed by atoms with Crippen molar-refractivity contribution < 1.29 is 23.4 Å². The monoisotopic (exact) mass is 449 g/mol. The molecule has 1 amide bonds. The fraction of sp³-hybridized carbons (Fsp3) is 0.296. The van der Waals surface area contributed by atoms with Crippen LogP contribution in [0.4, 0.5) is 4.39 Å². The van der Waals surface area contributed by atoms with E-state index in [-0.39, 0.29) is 18.3 Å². The van der Waals surface area contributed by atoms with Gasteiger partial charge in [-0.25, -0.2) is 4.39 Å². The topological polar surface area (TPSA) is 56.8 Å². The minimum absolute atomic E-state index is 0.146. The highest BCUT2D eigenvalue weighted by molar-refractivity contribution is 5.73. The highest BCUT2D eigenvalue weighted by atomic mass is 19.1. The van der Waals surface area contributed by atoms with Gasteiger partial charge in [0.15, 0.2) is 11.6 Å². The number of halogens is 1. The molecule has 1 fully saturated rings. The molecule has 1 N–H and O–H groups in total. The highest BCUT2D eigenvalue weighted by Gasteiger charge is 2.22. The predicted molar refractivity (Wildman–Crippen MR) is 124 cm³/mol. The second-order valence-electron chi connectivity index (χ2n) is 8.35. The lowest BCUT2D eigenvalue weighted by molar-refractivity contribution is -0.119. The van der Waals surface area contributed by atoms with Gasteiger partial charge in [-0.15, -0.1) is 0 Å². The Kier molecular flexibility index (Phi) is 7.13. The number of rotatable bonds is 10. The molecule has 1 aliphatic rings. The van der Waals surface area contributed by atoms with Crippen LogP contribution >= 0.6 is 0 Å². The first-order valence-corrected chi connectivity index (χ1v) is 11.2. The molecule has 3 aromatic rings. The van der Waals surface area contributed by atoms with Crippen LogP contribution in [0.15, 0.2) is 66.7 Å². The average Bonchev–Trinajstić information content (AvgIpc) is 3.62. The van der Waals surface area contributed by atoms with Crippen LogP contribution < -0.4 is 19.5 Å². The van der Waals surface area contributed by atoms with Gasteiger partial charge in [0.2, 0.25) is 5.91 Å². The first-order chi connectivity index (χ1) is 16.0. The summed E-state index contributed by atoms with van der Waals surface area (Å²) in [6.45, 7) is 4.10. The van der Waals surface area contributed by atoms with Gasteiger partial charge < -0.3 is 19.5 Å². The van der Waals surface area contributed by atoms with Gasteiger partial charge in [0.1, 0.15) is 23.9 Å². The van der Waals surface area contributed by atoms with Crippen molar-refractivity contribution in [2.45, 2.75) is 39.3 Å². The maximum atomic E-state index is 14.8. The van der Waals surface area contributed by atoms with Crippen molar-refractivity contribution in [2.24, 2.45) is 5.92 Å². The largest absolute Gasteiger partial charge is 0.493 e. The van der Waals surface area contributed by atoms with E-state index in [0.29, 0.717) is 23.0 Å². The zero-order valence-electron chi connectivity index (χ0n) is 18.8. The summed E-state index contributed by atoms with van der Waals surface area (Å²) in [5.74, 6) is 2.36. The molecule has 0 bridgehead atoms. The fourth-order valence-corrected chi connectivity index (χ4v) is 3.43. The third-order valence-corrected chi connectivity index (χ3v) is 5.42. The molecule has 0 aliphatic heterocycles. The molecule has 3 aromatic carbocycles. The molecule has 0 saturated heterocycles. The molecule has 5 nitrogen and oxygen atoms in total. The van der Waals surface area contributed by atoms with Crippen molar-refractivity contribution in [3.63, 3.8) is 0 Å². The Balaban J connectivity index is 1.34. The maximum absolute atomic E-state index is 14.8. The molecule has 0 spiro atoms. The van der Waals surface area contributed by atoms with Crippen molar-refractivity contribution in [3.8, 4) is 23.0 Å². The van der Waals surface area contributed by atoms with Crippen LogP contribution in [0.5, 0.6) is 23.0 Å². The third-order valence-electron chi connectivity index (χ3n) is 5.42. The van der Waals surface area contributed by atoms with Crippen LogP contribution in [-0.4, -0.2) is 12.5 Å². The molecule has 0 heterocycles. The summed E-state index contributed by atoms with van der Waals surface area (Å²) in [6, 6.07) is 19.6. The summed E-state index contributed by atoms with van der Waals surface area (Å²) in [7, 11) is 0. The Morgan fingerprint density at radius 2 is 1.73 bits per heavy atom. The Hall–Kier alpha value is -3.54. The van der Waals surface area contributed by atoms with Crippen LogP contribution in [0.3, 0.4) is 0 Å². The lowest BCUT2D eigenvalue weighted by Gasteiger charge is -2.16. The van der Waals surface area contributed by atoms with Crippen LogP contribution in [0.1, 0.15) is 43.9 Å². The van der Waals surface area contributed by atoms with Gasteiger partial charge in [0.05, 0.1) is 12.6 Å². The number of carbonyl (C=O) groups is 1. The summed E-state index contributed by atoms with van der Waals surface area (Å²) in [5, 5.41) is 2.69. The van der Waals surface area contributed by atoms with Crippen LogP contribution in [0.2, 0.25) is 0 Å². The van der Waals surface area contributed by atoms with Gasteiger partial charge in [-0.3, -0.25) is 4.79 Å². The van der Waals surface area contributed by atoms with E-state index in [0.717, 1.165) is 17.9 Å². The van der Waals surface area contributed by atoms with Crippen molar-refractivity contribution in [3.05, 3.63) is 83.7 Å². The lowest BCUT2D eigenvalue weighted by atomic mass is 10.1. The molecule has 1 saturated carbocycles. The quantitative estimate of drug-likeness (QED) is 0.401. The molecular weight excluding hydrogens is 421 g/mol. The molecule has 33 heavy (non-hydrogen) atoms. The summed E-state index contributed by atoms with van der Waals surface area (Å²) in [6.07, 6.45) is 2.50. The van der Waals surface area contributed by atoms with Crippen molar-refractivity contribution in [1.29, 1.82) is 0 Å². The minimum Gasteiger partial charge on any atom is -0.493 e. The van der Waals surface area contributed by atoms with Gasteiger partial charge in [-0.1, -0.05) is 30.3 Å². The van der Waals surface area contributed by atoms with Gasteiger partial charge in [-0.2, -0.15) is 0 Å². The highest BCUT2D eigenvalue weighted by Crippen LogP contribution is 2.31. The predicted octanol–water partition coefficient (Wildman–Crippen LogP) is 6.18. The van der Waals surface area contributed by atoms with E-state index in [9.17, 15) is 9.18 Å². The van der Waals surface area contributed by atoms with E-state index in [1.54, 1.807) is 25.1 Å². The minimum atomic E-state index is -0.470. The summed E-state index contributed by atoms with van der Waals surface area (Å²) < 4.78 is 32.3. The van der Waals surface area contributed by atoms with Crippen molar-refractivity contribution >= 4 is 5.91 Å². The van der Waals surface area contributed by atoms with Crippen LogP contribution in [-0.2, 0) is 11.4 Å². The van der Waals surface area contributed by atoms with Gasteiger partial charge in [0, 0.05) is 18.6 Å². The SMILES string of the molecule is CC(=O)NC(C)c1cccc(OCc2ccc(Oc3cccc(OCC4CC4)c3)cc2)c1F. The standard InChI is InChI=1S/C27H28FNO4/c1-18(29-19(2)30)25-7-4-8-26(27(25)28)32-17-21-11-13-22(14-12-21)33-24-6-3-5-23(15-24)31-16-20-9-10-20/h3-8,11-15,18,20H,9-10,16-17H2,1-2H3,(H,29,30). The summed E-state index contributed by atoms with van der Waals surface area (Å²) in [4.78, 5) is 11.3. The zero-order valence-corrected chi connectivity index (χ0v) is 18.8. The number of nitrogens with one attached hydrogen (secondary N) is 1. The van der Waals surface area contributed by atoms with Crippen molar-refractivity contribution in [2.75, 3.05) is 6.61 Å². The molecule has 0 aromatic heterocycles. The lowest BCUT2D eigenvalue weighted by Crippen LogP contribution is -2.24. The Bertz CT molecular complexity index is 1100. The second-order valence-corrected chi connectivity index (χ2v) is 8.35. The van der Waals surface area contributed by atoms with Gasteiger partial charge >= 0.3 is 0 Å². The number of hydrogen-bond donors (Lipinski definition) is 1. The van der Waals surface area contributed by atoms with E-state index in [1.165, 1.54) is 19.8 Å². The molecule has 0 radical (unpaired) electrons. The maximum Gasteiger partial charge on any atom is 0.217 e. The molecule has 6 heteroatoms.